The Hall–Kier alpha value is -3.44. The molecule has 0 heterocycles. The summed E-state index contributed by atoms with van der Waals surface area (Å²) in [6, 6.07) is 9.17. The summed E-state index contributed by atoms with van der Waals surface area (Å²) in [5.41, 5.74) is -0.474. The molecule has 2 atom stereocenters. The molecule has 0 aliphatic rings. The third-order valence-electron chi connectivity index (χ3n) is 6.55. The summed E-state index contributed by atoms with van der Waals surface area (Å²) in [6.07, 6.45) is -0.603. The molecule has 0 aliphatic carbocycles. The lowest BCUT2D eigenvalue weighted by atomic mass is 10.0. The molecule has 2 aromatic carbocycles. The number of hydrogen-bond acceptors (Lipinski definition) is 10. The number of esters is 1. The third-order valence-corrected chi connectivity index (χ3v) is 8.99. The average Bonchev–Trinajstić information content (AvgIpc) is 2.97. The zero-order chi connectivity index (χ0) is 36.4. The number of benzene rings is 2. The standard InChI is InChI=1S/C36H50N2O8S2/c1-21(2)17-28(34(42)46-36(8,9)10)37-31(40)25-15-13-23(43-11)18-29(25)47-48-30-19-24(44-12)14-16-26(30)32(41)38-33(45-35(5,6)7)27(20-39)22(3)4/h13-16,18-19,21-22,28,33H,17H2,1-12H3,(H,37,40)(H,38,41). The third kappa shape index (κ3) is 12.9. The Morgan fingerprint density at radius 2 is 1.25 bits per heavy atom. The van der Waals surface area contributed by atoms with Gasteiger partial charge in [-0.3, -0.25) is 9.59 Å². The first kappa shape index (κ1) is 40.7. The van der Waals surface area contributed by atoms with Crippen molar-refractivity contribution < 1.29 is 38.1 Å². The van der Waals surface area contributed by atoms with Crippen LogP contribution >= 0.6 is 21.6 Å². The maximum absolute atomic E-state index is 13.7. The Balaban J connectivity index is 2.47. The normalized spacial score (nSPS) is 13.0. The number of carbonyl (C=O) groups excluding carboxylic acids is 4. The molecule has 0 aliphatic heterocycles. The van der Waals surface area contributed by atoms with Crippen LogP contribution in [-0.2, 0) is 19.1 Å². The lowest BCUT2D eigenvalue weighted by Gasteiger charge is -2.30. The van der Waals surface area contributed by atoms with E-state index < -0.39 is 41.3 Å². The van der Waals surface area contributed by atoms with Gasteiger partial charge in [0.25, 0.3) is 11.8 Å². The molecule has 0 saturated carbocycles. The van der Waals surface area contributed by atoms with Crippen LogP contribution in [0.25, 0.3) is 0 Å². The van der Waals surface area contributed by atoms with Gasteiger partial charge in [-0.2, -0.15) is 0 Å². The summed E-state index contributed by atoms with van der Waals surface area (Å²) < 4.78 is 22.5. The minimum atomic E-state index is -1.000. The number of hydrogen-bond donors (Lipinski definition) is 2. The molecule has 0 aromatic heterocycles. The molecule has 0 radical (unpaired) electrons. The lowest BCUT2D eigenvalue weighted by molar-refractivity contribution is -0.157. The molecule has 0 spiro atoms. The second-order valence-corrected chi connectivity index (χ2v) is 16.1. The first-order valence-electron chi connectivity index (χ1n) is 15.8. The minimum Gasteiger partial charge on any atom is -0.497 e. The fourth-order valence-electron chi connectivity index (χ4n) is 4.35. The van der Waals surface area contributed by atoms with E-state index in [2.05, 4.69) is 10.6 Å². The van der Waals surface area contributed by atoms with E-state index in [1.165, 1.54) is 35.8 Å². The van der Waals surface area contributed by atoms with Crippen LogP contribution in [0.5, 0.6) is 11.5 Å². The van der Waals surface area contributed by atoms with Crippen molar-refractivity contribution in [2.45, 2.75) is 109 Å². The highest BCUT2D eigenvalue weighted by Gasteiger charge is 2.30. The summed E-state index contributed by atoms with van der Waals surface area (Å²) in [6.45, 7) is 18.4. The van der Waals surface area contributed by atoms with Gasteiger partial charge in [0.2, 0.25) is 0 Å². The van der Waals surface area contributed by atoms with Crippen molar-refractivity contribution in [3.8, 4) is 11.5 Å². The number of carbonyl (C=O) groups is 3. The van der Waals surface area contributed by atoms with E-state index in [0.29, 0.717) is 38.8 Å². The van der Waals surface area contributed by atoms with Gasteiger partial charge in [-0.25, -0.2) is 9.59 Å². The average molecular weight is 703 g/mol. The van der Waals surface area contributed by atoms with Gasteiger partial charge >= 0.3 is 5.97 Å². The maximum atomic E-state index is 13.7. The van der Waals surface area contributed by atoms with E-state index in [1.54, 1.807) is 57.2 Å². The van der Waals surface area contributed by atoms with E-state index >= 15 is 0 Å². The molecule has 2 aromatic rings. The number of rotatable bonds is 15. The number of ether oxygens (including phenoxy) is 4. The van der Waals surface area contributed by atoms with Crippen LogP contribution in [0.4, 0.5) is 0 Å². The van der Waals surface area contributed by atoms with Crippen molar-refractivity contribution in [2.24, 2.45) is 11.8 Å². The Bertz CT molecular complexity index is 1490. The van der Waals surface area contributed by atoms with Gasteiger partial charge in [-0.1, -0.05) is 49.3 Å². The quantitative estimate of drug-likeness (QED) is 0.0846. The van der Waals surface area contributed by atoms with Crippen molar-refractivity contribution in [1.29, 1.82) is 0 Å². The highest BCUT2D eigenvalue weighted by atomic mass is 33.1. The van der Waals surface area contributed by atoms with E-state index in [4.69, 9.17) is 18.9 Å². The molecule has 12 heteroatoms. The lowest BCUT2D eigenvalue weighted by Crippen LogP contribution is -2.45. The summed E-state index contributed by atoms with van der Waals surface area (Å²) in [4.78, 5) is 53.4. The predicted molar refractivity (Wildman–Crippen MR) is 190 cm³/mol. The van der Waals surface area contributed by atoms with Crippen molar-refractivity contribution in [3.05, 3.63) is 53.1 Å². The van der Waals surface area contributed by atoms with Crippen LogP contribution in [0.3, 0.4) is 0 Å². The van der Waals surface area contributed by atoms with Crippen LogP contribution in [0.15, 0.2) is 51.8 Å². The second-order valence-electron chi connectivity index (χ2n) is 13.9. The van der Waals surface area contributed by atoms with Crippen molar-refractivity contribution in [3.63, 3.8) is 0 Å². The topological polar surface area (TPSA) is 129 Å². The minimum absolute atomic E-state index is 0.118. The molecule has 2 amide bonds. The van der Waals surface area contributed by atoms with Crippen LogP contribution in [-0.4, -0.2) is 61.4 Å². The smallest absolute Gasteiger partial charge is 0.329 e. The van der Waals surface area contributed by atoms with Gasteiger partial charge < -0.3 is 29.6 Å². The number of amides is 2. The fraction of sp³-hybridized carbons (Fsp3) is 0.528. The molecule has 10 nitrogen and oxygen atoms in total. The first-order chi connectivity index (χ1) is 22.3. The molecule has 0 fully saturated rings. The largest absolute Gasteiger partial charge is 0.497 e. The predicted octanol–water partition coefficient (Wildman–Crippen LogP) is 7.27. The second kappa shape index (κ2) is 17.8. The van der Waals surface area contributed by atoms with Gasteiger partial charge in [0.15, 0.2) is 6.23 Å². The fourth-order valence-corrected chi connectivity index (χ4v) is 6.73. The summed E-state index contributed by atoms with van der Waals surface area (Å²) in [5.74, 6) is 1.46. The monoisotopic (exact) mass is 702 g/mol. The summed E-state index contributed by atoms with van der Waals surface area (Å²) in [7, 11) is 5.52. The molecular formula is C36H50N2O8S2. The van der Waals surface area contributed by atoms with E-state index in [-0.39, 0.29) is 17.4 Å². The molecule has 2 N–H and O–H groups in total. The molecular weight excluding hydrogens is 653 g/mol. The Kier molecular flexibility index (Phi) is 15.1. The summed E-state index contributed by atoms with van der Waals surface area (Å²) in [5, 5.41) is 5.73. The summed E-state index contributed by atoms with van der Waals surface area (Å²) >= 11 is 0. The van der Waals surface area contributed by atoms with E-state index in [9.17, 15) is 19.2 Å². The molecule has 0 saturated heterocycles. The van der Waals surface area contributed by atoms with E-state index in [0.717, 1.165) is 0 Å². The zero-order valence-corrected chi connectivity index (χ0v) is 31.7. The van der Waals surface area contributed by atoms with Crippen LogP contribution in [0.1, 0.15) is 96.4 Å². The van der Waals surface area contributed by atoms with E-state index in [1.807, 2.05) is 54.4 Å². The Labute approximate surface area is 292 Å². The molecule has 48 heavy (non-hydrogen) atoms. The zero-order valence-electron chi connectivity index (χ0n) is 30.1. The van der Waals surface area contributed by atoms with Crippen LogP contribution < -0.4 is 20.1 Å². The van der Waals surface area contributed by atoms with Crippen molar-refractivity contribution >= 4 is 45.3 Å². The number of nitrogens with one attached hydrogen (secondary N) is 2. The maximum Gasteiger partial charge on any atom is 0.329 e. The SMILES string of the molecule is COc1ccc(C(=O)NC(CC(C)C)C(=O)OC(C)(C)C)c(SSc2cc(OC)ccc2C(=O)NC(OC(C)(C)C)C(=C=O)C(C)C)c1. The Morgan fingerprint density at radius 3 is 1.62 bits per heavy atom. The van der Waals surface area contributed by atoms with Gasteiger partial charge in [-0.15, -0.1) is 0 Å². The highest BCUT2D eigenvalue weighted by Crippen LogP contribution is 2.43. The molecule has 0 bridgehead atoms. The van der Waals surface area contributed by atoms with Gasteiger partial charge in [-0.05, 0) is 96.2 Å². The van der Waals surface area contributed by atoms with Crippen molar-refractivity contribution in [2.75, 3.05) is 14.2 Å². The molecule has 264 valence electrons. The van der Waals surface area contributed by atoms with Gasteiger partial charge in [0.05, 0.1) is 36.5 Å². The van der Waals surface area contributed by atoms with Gasteiger partial charge in [0, 0.05) is 9.79 Å². The highest BCUT2D eigenvalue weighted by molar-refractivity contribution is 8.76. The van der Waals surface area contributed by atoms with Crippen LogP contribution in [0, 0.1) is 11.8 Å². The van der Waals surface area contributed by atoms with Gasteiger partial charge in [0.1, 0.15) is 29.1 Å². The molecule has 2 unspecified atom stereocenters. The Morgan fingerprint density at radius 1 is 0.771 bits per heavy atom. The molecule has 2 rings (SSSR count). The van der Waals surface area contributed by atoms with Crippen molar-refractivity contribution in [1.82, 2.24) is 10.6 Å². The first-order valence-corrected chi connectivity index (χ1v) is 17.9. The number of methoxy groups -OCH3 is 2. The van der Waals surface area contributed by atoms with Crippen LogP contribution in [0.2, 0.25) is 0 Å².